The highest BCUT2D eigenvalue weighted by Crippen LogP contribution is 2.44. The van der Waals surface area contributed by atoms with Crippen molar-refractivity contribution in [3.05, 3.63) is 96.7 Å². The monoisotopic (exact) mass is 484 g/mol. The Morgan fingerprint density at radius 2 is 1.56 bits per heavy atom. The molecule has 0 spiro atoms. The van der Waals surface area contributed by atoms with Gasteiger partial charge in [-0.15, -0.1) is 0 Å². The van der Waals surface area contributed by atoms with Crippen molar-refractivity contribution in [2.45, 2.75) is 11.7 Å². The zero-order valence-corrected chi connectivity index (χ0v) is 18.4. The van der Waals surface area contributed by atoms with Crippen LogP contribution in [0.4, 0.5) is 24.5 Å². The lowest BCUT2D eigenvalue weighted by Gasteiger charge is -2.33. The lowest BCUT2D eigenvalue weighted by Crippen LogP contribution is -2.54. The van der Waals surface area contributed by atoms with E-state index in [0.29, 0.717) is 11.1 Å². The topological polar surface area (TPSA) is 87.5 Å². The highest BCUT2D eigenvalue weighted by atomic mass is 32.2. The predicted molar refractivity (Wildman–Crippen MR) is 127 cm³/mol. The van der Waals surface area contributed by atoms with Gasteiger partial charge in [0.25, 0.3) is 10.2 Å². The summed E-state index contributed by atoms with van der Waals surface area (Å²) in [7, 11) is -3.96. The maximum atomic E-state index is 14.5. The Hall–Kier alpha value is -3.60. The van der Waals surface area contributed by atoms with Gasteiger partial charge in [-0.05, 0) is 63.5 Å². The highest BCUT2D eigenvalue weighted by molar-refractivity contribution is 7.90. The molecule has 34 heavy (non-hydrogen) atoms. The van der Waals surface area contributed by atoms with Crippen LogP contribution in [0.15, 0.2) is 91.1 Å². The minimum atomic E-state index is -4.64. The van der Waals surface area contributed by atoms with E-state index in [1.807, 2.05) is 36.4 Å². The minimum absolute atomic E-state index is 0.0500. The van der Waals surface area contributed by atoms with Crippen LogP contribution < -0.4 is 20.3 Å². The van der Waals surface area contributed by atoms with Crippen LogP contribution in [0.1, 0.15) is 5.56 Å². The first-order valence-corrected chi connectivity index (χ1v) is 11.8. The fraction of sp³-hybridized carbons (Fsp3) is 0.0833. The maximum absolute atomic E-state index is 14.5. The molecule has 1 atom stereocenters. The van der Waals surface area contributed by atoms with Crippen LogP contribution in [-0.2, 0) is 15.7 Å². The normalized spacial score (nSPS) is 18.6. The van der Waals surface area contributed by atoms with Crippen LogP contribution in [0.2, 0.25) is 0 Å². The number of alkyl halides is 3. The van der Waals surface area contributed by atoms with Gasteiger partial charge in [-0.3, -0.25) is 9.73 Å². The molecular weight excluding hydrogens is 465 g/mol. The molecule has 0 amide bonds. The first kappa shape index (κ1) is 22.2. The fourth-order valence-corrected chi connectivity index (χ4v) is 4.66. The predicted octanol–water partition coefficient (Wildman–Crippen LogP) is 4.90. The summed E-state index contributed by atoms with van der Waals surface area (Å²) >= 11 is 0. The van der Waals surface area contributed by atoms with E-state index in [1.54, 1.807) is 12.1 Å². The molecule has 6 nitrogen and oxygen atoms in total. The van der Waals surface area contributed by atoms with Crippen molar-refractivity contribution in [1.29, 1.82) is 0 Å². The summed E-state index contributed by atoms with van der Waals surface area (Å²) in [6.07, 6.45) is -2.26. The molecule has 0 aliphatic carbocycles. The standard InChI is InChI=1S/C24H19F3N4O2S/c25-24(26,27)23(13-14-31(30-23)20-10-8-19(9-11-20)29-34(28,32)33)18-7-12-22-17(15-18)6-5-16-3-1-2-4-21(16)22/h1-15,29-30H,(H2,28,32,33)/t23-/m0/s1. The summed E-state index contributed by atoms with van der Waals surface area (Å²) in [5, 5.41) is 9.75. The lowest BCUT2D eigenvalue weighted by atomic mass is 9.88. The van der Waals surface area contributed by atoms with Crippen molar-refractivity contribution in [3.63, 3.8) is 0 Å². The molecule has 4 aromatic rings. The van der Waals surface area contributed by atoms with Gasteiger partial charge in [-0.2, -0.15) is 21.6 Å². The summed E-state index contributed by atoms with van der Waals surface area (Å²) in [5.74, 6) is 0. The number of nitrogens with zero attached hydrogens (tertiary/aromatic N) is 1. The van der Waals surface area contributed by atoms with E-state index in [-0.39, 0.29) is 11.3 Å². The van der Waals surface area contributed by atoms with Crippen LogP contribution in [0.25, 0.3) is 21.5 Å². The minimum Gasteiger partial charge on any atom is -0.283 e. The molecule has 174 valence electrons. The lowest BCUT2D eigenvalue weighted by molar-refractivity contribution is -0.183. The zero-order valence-electron chi connectivity index (χ0n) is 17.5. The summed E-state index contributed by atoms with van der Waals surface area (Å²) in [4.78, 5) is 0. The van der Waals surface area contributed by atoms with Crippen molar-refractivity contribution in [2.24, 2.45) is 5.14 Å². The summed E-state index contributed by atoms with van der Waals surface area (Å²) in [6.45, 7) is 0. The van der Waals surface area contributed by atoms with Gasteiger partial charge in [-0.1, -0.05) is 48.5 Å². The largest absolute Gasteiger partial charge is 0.416 e. The molecule has 0 saturated heterocycles. The van der Waals surface area contributed by atoms with E-state index in [2.05, 4.69) is 10.1 Å². The molecule has 4 N–H and O–H groups in total. The molecule has 1 aliphatic heterocycles. The van der Waals surface area contributed by atoms with Gasteiger partial charge in [0.05, 0.1) is 5.69 Å². The van der Waals surface area contributed by atoms with Crippen molar-refractivity contribution < 1.29 is 21.6 Å². The maximum Gasteiger partial charge on any atom is 0.416 e. The first-order chi connectivity index (χ1) is 16.1. The van der Waals surface area contributed by atoms with Crippen molar-refractivity contribution in [3.8, 4) is 0 Å². The van der Waals surface area contributed by atoms with Gasteiger partial charge < -0.3 is 0 Å². The Labute approximate surface area is 193 Å². The van der Waals surface area contributed by atoms with Crippen LogP contribution in [-0.4, -0.2) is 14.6 Å². The van der Waals surface area contributed by atoms with E-state index in [9.17, 15) is 21.6 Å². The molecule has 5 rings (SSSR count). The van der Waals surface area contributed by atoms with Gasteiger partial charge in [-0.25, -0.2) is 10.6 Å². The molecular formula is C24H19F3N4O2S. The quantitative estimate of drug-likeness (QED) is 0.360. The summed E-state index contributed by atoms with van der Waals surface area (Å²) in [6, 6.07) is 22.0. The third-order valence-electron chi connectivity index (χ3n) is 5.82. The van der Waals surface area contributed by atoms with Crippen LogP contribution >= 0.6 is 0 Å². The number of anilines is 2. The Kier molecular flexibility index (Phi) is 5.05. The molecule has 0 fully saturated rings. The SMILES string of the molecule is NS(=O)(=O)Nc1ccc(N2C=C[C@](c3ccc4c(ccc5ccccc54)c3)(C(F)(F)F)N2)cc1. The Bertz CT molecular complexity index is 1540. The number of nitrogens with two attached hydrogens (primary N) is 1. The van der Waals surface area contributed by atoms with Crippen LogP contribution in [0.3, 0.4) is 0 Å². The molecule has 1 aliphatic rings. The summed E-state index contributed by atoms with van der Waals surface area (Å²) in [5.41, 5.74) is 0.767. The average molecular weight is 485 g/mol. The van der Waals surface area contributed by atoms with E-state index in [1.165, 1.54) is 41.5 Å². The first-order valence-electron chi connectivity index (χ1n) is 10.2. The van der Waals surface area contributed by atoms with Crippen LogP contribution in [0.5, 0.6) is 0 Å². The van der Waals surface area contributed by atoms with Crippen molar-refractivity contribution in [1.82, 2.24) is 5.43 Å². The molecule has 10 heteroatoms. The molecule has 1 heterocycles. The van der Waals surface area contributed by atoms with Crippen molar-refractivity contribution >= 4 is 43.1 Å². The second-order valence-electron chi connectivity index (χ2n) is 8.02. The second kappa shape index (κ2) is 7.73. The smallest absolute Gasteiger partial charge is 0.283 e. The average Bonchev–Trinajstić information content (AvgIpc) is 3.25. The van der Waals surface area contributed by atoms with Crippen molar-refractivity contribution in [2.75, 3.05) is 9.73 Å². The number of rotatable bonds is 4. The fourth-order valence-electron chi connectivity index (χ4n) is 4.20. The molecule has 0 aromatic heterocycles. The zero-order chi connectivity index (χ0) is 24.1. The molecule has 0 radical (unpaired) electrons. The molecule has 4 aromatic carbocycles. The Balaban J connectivity index is 1.52. The van der Waals surface area contributed by atoms with Gasteiger partial charge in [0.15, 0.2) is 5.54 Å². The van der Waals surface area contributed by atoms with Gasteiger partial charge in [0.2, 0.25) is 0 Å². The number of hydrogen-bond acceptors (Lipinski definition) is 4. The number of hydrazine groups is 1. The highest BCUT2D eigenvalue weighted by Gasteiger charge is 2.57. The number of hydrogen-bond donors (Lipinski definition) is 3. The Morgan fingerprint density at radius 1 is 0.882 bits per heavy atom. The molecule has 0 bridgehead atoms. The Morgan fingerprint density at radius 3 is 2.26 bits per heavy atom. The van der Waals surface area contributed by atoms with Gasteiger partial charge in [0, 0.05) is 11.9 Å². The third-order valence-corrected chi connectivity index (χ3v) is 6.34. The third kappa shape index (κ3) is 3.85. The van der Waals surface area contributed by atoms with Gasteiger partial charge in [0.1, 0.15) is 0 Å². The van der Waals surface area contributed by atoms with Gasteiger partial charge >= 0.3 is 6.18 Å². The summed E-state index contributed by atoms with van der Waals surface area (Å²) < 4.78 is 67.8. The number of halogens is 3. The van der Waals surface area contributed by atoms with Crippen LogP contribution in [0, 0.1) is 0 Å². The van der Waals surface area contributed by atoms with E-state index in [0.717, 1.165) is 22.2 Å². The van der Waals surface area contributed by atoms with E-state index >= 15 is 0 Å². The molecule has 0 unspecified atom stereocenters. The van der Waals surface area contributed by atoms with E-state index in [4.69, 9.17) is 5.14 Å². The number of benzene rings is 4. The molecule has 0 saturated carbocycles. The second-order valence-corrected chi connectivity index (χ2v) is 9.31. The van der Waals surface area contributed by atoms with E-state index < -0.39 is 21.9 Å². The number of nitrogens with one attached hydrogen (secondary N) is 2. The number of fused-ring (bicyclic) bond motifs is 3.